The van der Waals surface area contributed by atoms with E-state index >= 15 is 0 Å². The molecule has 0 aliphatic carbocycles. The van der Waals surface area contributed by atoms with E-state index in [0.717, 1.165) is 16.2 Å². The van der Waals surface area contributed by atoms with Gasteiger partial charge in [0.1, 0.15) is 16.3 Å². The lowest BCUT2D eigenvalue weighted by atomic mass is 10.2. The Bertz CT molecular complexity index is 1060. The second kappa shape index (κ2) is 6.63. The number of methoxy groups -OCH3 is 1. The zero-order valence-electron chi connectivity index (χ0n) is 15.5. The zero-order valence-corrected chi connectivity index (χ0v) is 17.1. The van der Waals surface area contributed by atoms with E-state index in [1.54, 1.807) is 55.4 Å². The molecular formula is C19H22N2O3S2. The van der Waals surface area contributed by atoms with Gasteiger partial charge in [-0.3, -0.25) is 4.40 Å². The molecule has 0 saturated carbocycles. The molecule has 0 aliphatic heterocycles. The molecule has 0 aliphatic rings. The van der Waals surface area contributed by atoms with Crippen molar-refractivity contribution in [1.29, 1.82) is 0 Å². The predicted octanol–water partition coefficient (Wildman–Crippen LogP) is 4.30. The van der Waals surface area contributed by atoms with Crippen LogP contribution < -0.4 is 4.74 Å². The molecule has 138 valence electrons. The summed E-state index contributed by atoms with van der Waals surface area (Å²) in [7, 11) is -2.11. The average molecular weight is 391 g/mol. The lowest BCUT2D eigenvalue weighted by Gasteiger charge is -2.21. The number of nitrogens with zero attached hydrogens (tertiary/aromatic N) is 2. The Hall–Kier alpha value is -1.99. The Morgan fingerprint density at radius 1 is 1.19 bits per heavy atom. The summed E-state index contributed by atoms with van der Waals surface area (Å²) in [5.74, 6) is 0.308. The molecule has 1 aromatic carbocycles. The van der Waals surface area contributed by atoms with Gasteiger partial charge in [0.05, 0.1) is 23.7 Å². The minimum absolute atomic E-state index is 0.167. The molecule has 0 amide bonds. The van der Waals surface area contributed by atoms with Crippen molar-refractivity contribution in [2.75, 3.05) is 13.4 Å². The van der Waals surface area contributed by atoms with E-state index in [1.807, 2.05) is 24.5 Å². The van der Waals surface area contributed by atoms with Crippen LogP contribution in [-0.4, -0.2) is 35.9 Å². The van der Waals surface area contributed by atoms with E-state index in [-0.39, 0.29) is 4.90 Å². The molecular weight excluding hydrogens is 368 g/mol. The highest BCUT2D eigenvalue weighted by atomic mass is 32.2. The second-order valence-electron chi connectivity index (χ2n) is 6.93. The number of hydrogen-bond acceptors (Lipinski definition) is 5. The number of sulfone groups is 1. The zero-order chi connectivity index (χ0) is 19.1. The van der Waals surface area contributed by atoms with Gasteiger partial charge in [0.15, 0.2) is 9.84 Å². The summed E-state index contributed by atoms with van der Waals surface area (Å²) in [6.45, 7) is 5.05. The van der Waals surface area contributed by atoms with Crippen LogP contribution in [0, 0.1) is 0 Å². The molecule has 0 unspecified atom stereocenters. The summed E-state index contributed by atoms with van der Waals surface area (Å²) >= 11 is 1.66. The van der Waals surface area contributed by atoms with Gasteiger partial charge in [-0.15, -0.1) is 11.8 Å². The van der Waals surface area contributed by atoms with E-state index in [1.165, 1.54) is 7.11 Å². The summed E-state index contributed by atoms with van der Waals surface area (Å²) < 4.78 is 32.3. The average Bonchev–Trinajstić information content (AvgIpc) is 3.02. The van der Waals surface area contributed by atoms with E-state index in [2.05, 4.69) is 11.1 Å². The van der Waals surface area contributed by atoms with E-state index < -0.39 is 14.6 Å². The van der Waals surface area contributed by atoms with Crippen molar-refractivity contribution < 1.29 is 13.2 Å². The fourth-order valence-corrected chi connectivity index (χ4v) is 4.44. The molecule has 0 fully saturated rings. The molecule has 0 spiro atoms. The minimum Gasteiger partial charge on any atom is -0.495 e. The maximum atomic E-state index is 13.0. The van der Waals surface area contributed by atoms with Crippen LogP contribution >= 0.6 is 11.8 Å². The fraction of sp³-hybridized carbons (Fsp3) is 0.316. The summed E-state index contributed by atoms with van der Waals surface area (Å²) in [6, 6.07) is 9.75. The lowest BCUT2D eigenvalue weighted by molar-refractivity contribution is 0.401. The van der Waals surface area contributed by atoms with Crippen LogP contribution in [0.3, 0.4) is 0 Å². The van der Waals surface area contributed by atoms with Gasteiger partial charge in [0.25, 0.3) is 0 Å². The van der Waals surface area contributed by atoms with Crippen LogP contribution in [-0.2, 0) is 9.84 Å². The van der Waals surface area contributed by atoms with Crippen LogP contribution in [0.25, 0.3) is 16.9 Å². The van der Waals surface area contributed by atoms with Gasteiger partial charge in [-0.05, 0) is 39.2 Å². The van der Waals surface area contributed by atoms with Gasteiger partial charge in [0.2, 0.25) is 0 Å². The molecule has 2 aromatic heterocycles. The van der Waals surface area contributed by atoms with Crippen molar-refractivity contribution in [3.8, 4) is 17.0 Å². The van der Waals surface area contributed by atoms with Crippen molar-refractivity contribution in [2.24, 2.45) is 0 Å². The van der Waals surface area contributed by atoms with Crippen molar-refractivity contribution in [2.45, 2.75) is 35.3 Å². The third-order valence-electron chi connectivity index (χ3n) is 4.26. The third-order valence-corrected chi connectivity index (χ3v) is 7.48. The third kappa shape index (κ3) is 3.10. The minimum atomic E-state index is -3.58. The first kappa shape index (κ1) is 18.8. The Labute approximate surface area is 158 Å². The van der Waals surface area contributed by atoms with Crippen molar-refractivity contribution in [1.82, 2.24) is 9.38 Å². The largest absolute Gasteiger partial charge is 0.495 e. The molecule has 5 nitrogen and oxygen atoms in total. The molecule has 3 aromatic rings. The van der Waals surface area contributed by atoms with Crippen molar-refractivity contribution >= 4 is 27.2 Å². The summed E-state index contributed by atoms with van der Waals surface area (Å²) in [5.41, 5.74) is 2.46. The van der Waals surface area contributed by atoms with Crippen LogP contribution in [0.1, 0.15) is 20.8 Å². The van der Waals surface area contributed by atoms with Crippen LogP contribution in [0.5, 0.6) is 5.75 Å². The maximum Gasteiger partial charge on any atom is 0.188 e. The first-order valence-corrected chi connectivity index (χ1v) is 10.8. The molecule has 3 rings (SSSR count). The quantitative estimate of drug-likeness (QED) is 0.622. The summed E-state index contributed by atoms with van der Waals surface area (Å²) in [6.07, 6.45) is 5.39. The van der Waals surface area contributed by atoms with Gasteiger partial charge in [-0.2, -0.15) is 0 Å². The molecule has 26 heavy (non-hydrogen) atoms. The molecule has 7 heteroatoms. The topological polar surface area (TPSA) is 60.7 Å². The van der Waals surface area contributed by atoms with Gasteiger partial charge in [0, 0.05) is 22.7 Å². The van der Waals surface area contributed by atoms with E-state index in [4.69, 9.17) is 4.74 Å². The van der Waals surface area contributed by atoms with Crippen LogP contribution in [0.4, 0.5) is 0 Å². The highest BCUT2D eigenvalue weighted by molar-refractivity contribution is 7.98. The van der Waals surface area contributed by atoms with E-state index in [0.29, 0.717) is 11.4 Å². The molecule has 2 heterocycles. The number of aromatic nitrogens is 2. The highest BCUT2D eigenvalue weighted by Gasteiger charge is 2.34. The van der Waals surface area contributed by atoms with Gasteiger partial charge in [-0.25, -0.2) is 13.4 Å². The monoisotopic (exact) mass is 390 g/mol. The smallest absolute Gasteiger partial charge is 0.188 e. The number of pyridine rings is 1. The molecule has 0 bridgehead atoms. The molecule has 0 atom stereocenters. The SMILES string of the molecule is COc1cc2ncc(-c3cccc(SC)c3)n2cc1S(=O)(=O)C(C)(C)C. The molecule has 0 radical (unpaired) electrons. The Balaban J connectivity index is 2.29. The van der Waals surface area contributed by atoms with Crippen molar-refractivity contribution in [3.05, 3.63) is 42.7 Å². The number of rotatable bonds is 4. The highest BCUT2D eigenvalue weighted by Crippen LogP contribution is 2.34. The first-order valence-electron chi connectivity index (χ1n) is 8.13. The molecule has 0 saturated heterocycles. The fourth-order valence-electron chi connectivity index (χ4n) is 2.67. The second-order valence-corrected chi connectivity index (χ2v) is 10.5. The standard InChI is InChI=1S/C19H22N2O3S2/c1-19(2,3)26(22,23)17-12-21-15(11-20-18(21)10-16(17)24-4)13-7-6-8-14(9-13)25-5/h6-12H,1-5H3. The van der Waals surface area contributed by atoms with Gasteiger partial charge < -0.3 is 4.74 Å². The Kier molecular flexibility index (Phi) is 4.79. The van der Waals surface area contributed by atoms with Crippen molar-refractivity contribution in [3.63, 3.8) is 0 Å². The Morgan fingerprint density at radius 3 is 2.54 bits per heavy atom. The number of fused-ring (bicyclic) bond motifs is 1. The predicted molar refractivity (Wildman–Crippen MR) is 106 cm³/mol. The van der Waals surface area contributed by atoms with Crippen LogP contribution in [0.2, 0.25) is 0 Å². The van der Waals surface area contributed by atoms with E-state index in [9.17, 15) is 8.42 Å². The van der Waals surface area contributed by atoms with Crippen LogP contribution in [0.15, 0.2) is 52.5 Å². The summed E-state index contributed by atoms with van der Waals surface area (Å²) in [5, 5.41) is 0. The maximum absolute atomic E-state index is 13.0. The molecule has 0 N–H and O–H groups in total. The number of ether oxygens (including phenoxy) is 1. The number of imidazole rings is 1. The van der Waals surface area contributed by atoms with Gasteiger partial charge >= 0.3 is 0 Å². The summed E-state index contributed by atoms with van der Waals surface area (Å²) in [4.78, 5) is 5.73. The normalized spacial score (nSPS) is 12.5. The number of thioether (sulfide) groups is 1. The first-order chi connectivity index (χ1) is 12.2. The number of hydrogen-bond donors (Lipinski definition) is 0. The lowest BCUT2D eigenvalue weighted by Crippen LogP contribution is -2.28. The van der Waals surface area contributed by atoms with Gasteiger partial charge in [-0.1, -0.05) is 12.1 Å². The Morgan fingerprint density at radius 2 is 1.92 bits per heavy atom. The number of benzene rings is 1.